The van der Waals surface area contributed by atoms with E-state index in [4.69, 9.17) is 11.5 Å². The molecular formula is C12H9N3O. The Balaban J connectivity index is 2.69. The number of primary amides is 1. The molecule has 0 radical (unpaired) electrons. The van der Waals surface area contributed by atoms with Gasteiger partial charge < -0.3 is 11.5 Å². The monoisotopic (exact) mass is 211 g/mol. The largest absolute Gasteiger partial charge is 0.383 e. The first-order valence-corrected chi connectivity index (χ1v) is 4.63. The van der Waals surface area contributed by atoms with Crippen LogP contribution in [-0.2, 0) is 4.79 Å². The second-order valence-electron chi connectivity index (χ2n) is 3.22. The predicted molar refractivity (Wildman–Crippen MR) is 62.2 cm³/mol. The van der Waals surface area contributed by atoms with Gasteiger partial charge in [0.2, 0.25) is 0 Å². The van der Waals surface area contributed by atoms with Crippen LogP contribution in [-0.4, -0.2) is 10.9 Å². The van der Waals surface area contributed by atoms with Gasteiger partial charge >= 0.3 is 0 Å². The van der Waals surface area contributed by atoms with E-state index >= 15 is 0 Å². The highest BCUT2D eigenvalue weighted by Gasteiger charge is 2.02. The summed E-state index contributed by atoms with van der Waals surface area (Å²) in [5, 5.41) is 1.68. The lowest BCUT2D eigenvalue weighted by molar-refractivity contribution is -0.112. The highest BCUT2D eigenvalue weighted by molar-refractivity contribution is 5.97. The first-order chi connectivity index (χ1) is 7.68. The Morgan fingerprint density at radius 1 is 1.25 bits per heavy atom. The van der Waals surface area contributed by atoms with Gasteiger partial charge in [0.1, 0.15) is 5.82 Å². The molecule has 2 aromatic rings. The fraction of sp³-hybridized carbons (Fsp3) is 0. The van der Waals surface area contributed by atoms with Crippen molar-refractivity contribution in [2.45, 2.75) is 0 Å². The lowest BCUT2D eigenvalue weighted by Gasteiger charge is -2.02. The number of anilines is 1. The molecule has 4 heteroatoms. The minimum atomic E-state index is -0.666. The molecule has 0 aliphatic heterocycles. The molecule has 0 aliphatic rings. The molecule has 0 fully saturated rings. The predicted octanol–water partition coefficient (Wildman–Crippen LogP) is 0.654. The van der Waals surface area contributed by atoms with Gasteiger partial charge in [-0.3, -0.25) is 4.79 Å². The fourth-order valence-electron chi connectivity index (χ4n) is 1.44. The van der Waals surface area contributed by atoms with Gasteiger partial charge in [0.05, 0.1) is 5.56 Å². The van der Waals surface area contributed by atoms with Gasteiger partial charge in [-0.05, 0) is 0 Å². The average molecular weight is 211 g/mol. The standard InChI is InChI=1S/C12H9N3O/c13-11(16)6-5-8-7-15-12(14)10-4-2-1-3-9(8)10/h1-4,7H,(H2,13,16)(H2,14,15). The van der Waals surface area contributed by atoms with Crippen molar-refractivity contribution < 1.29 is 4.79 Å². The molecule has 1 heterocycles. The number of rotatable bonds is 0. The molecule has 1 aromatic heterocycles. The molecule has 2 rings (SSSR count). The van der Waals surface area contributed by atoms with E-state index in [1.165, 1.54) is 6.20 Å². The fourth-order valence-corrected chi connectivity index (χ4v) is 1.44. The molecule has 0 spiro atoms. The molecule has 0 bridgehead atoms. The van der Waals surface area contributed by atoms with E-state index in [0.717, 1.165) is 10.8 Å². The van der Waals surface area contributed by atoms with E-state index < -0.39 is 5.91 Å². The van der Waals surface area contributed by atoms with Crippen molar-refractivity contribution in [3.8, 4) is 11.8 Å². The summed E-state index contributed by atoms with van der Waals surface area (Å²) < 4.78 is 0. The van der Waals surface area contributed by atoms with Crippen molar-refractivity contribution in [2.75, 3.05) is 5.73 Å². The lowest BCUT2D eigenvalue weighted by Crippen LogP contribution is -2.06. The number of fused-ring (bicyclic) bond motifs is 1. The van der Waals surface area contributed by atoms with Crippen molar-refractivity contribution in [2.24, 2.45) is 5.73 Å². The SMILES string of the molecule is NC(=O)C#Cc1cnc(N)c2ccccc12. The van der Waals surface area contributed by atoms with Crippen molar-refractivity contribution in [3.05, 3.63) is 36.0 Å². The van der Waals surface area contributed by atoms with Crippen LogP contribution in [0.15, 0.2) is 30.5 Å². The van der Waals surface area contributed by atoms with Crippen LogP contribution in [0.1, 0.15) is 5.56 Å². The Morgan fingerprint density at radius 3 is 2.62 bits per heavy atom. The molecule has 0 saturated heterocycles. The second kappa shape index (κ2) is 3.91. The summed E-state index contributed by atoms with van der Waals surface area (Å²) >= 11 is 0. The molecule has 0 atom stereocenters. The zero-order valence-electron chi connectivity index (χ0n) is 8.40. The maximum Gasteiger partial charge on any atom is 0.293 e. The summed E-state index contributed by atoms with van der Waals surface area (Å²) in [5.74, 6) is 4.73. The van der Waals surface area contributed by atoms with Crippen molar-refractivity contribution in [1.29, 1.82) is 0 Å². The van der Waals surface area contributed by atoms with Crippen LogP contribution in [0, 0.1) is 11.8 Å². The van der Waals surface area contributed by atoms with Gasteiger partial charge in [0.15, 0.2) is 0 Å². The number of aromatic nitrogens is 1. The zero-order chi connectivity index (χ0) is 11.5. The van der Waals surface area contributed by atoms with Gasteiger partial charge in [-0.25, -0.2) is 4.98 Å². The Kier molecular flexibility index (Phi) is 2.44. The molecule has 1 amide bonds. The van der Waals surface area contributed by atoms with E-state index in [0.29, 0.717) is 11.4 Å². The van der Waals surface area contributed by atoms with Crippen LogP contribution in [0.25, 0.3) is 10.8 Å². The van der Waals surface area contributed by atoms with Crippen LogP contribution < -0.4 is 11.5 Å². The number of carbonyl (C=O) groups excluding carboxylic acids is 1. The first-order valence-electron chi connectivity index (χ1n) is 4.63. The van der Waals surface area contributed by atoms with E-state index in [9.17, 15) is 4.79 Å². The van der Waals surface area contributed by atoms with E-state index in [2.05, 4.69) is 16.8 Å². The number of amides is 1. The number of hydrogen-bond acceptors (Lipinski definition) is 3. The third-order valence-corrected chi connectivity index (χ3v) is 2.15. The number of nitrogens with zero attached hydrogens (tertiary/aromatic N) is 1. The van der Waals surface area contributed by atoms with Crippen LogP contribution in [0.5, 0.6) is 0 Å². The second-order valence-corrected chi connectivity index (χ2v) is 3.22. The van der Waals surface area contributed by atoms with Gasteiger partial charge in [-0.2, -0.15) is 0 Å². The normalized spacial score (nSPS) is 9.50. The number of hydrogen-bond donors (Lipinski definition) is 2. The maximum absolute atomic E-state index is 10.6. The van der Waals surface area contributed by atoms with Gasteiger partial charge in [0, 0.05) is 22.9 Å². The highest BCUT2D eigenvalue weighted by atomic mass is 16.1. The molecular weight excluding hydrogens is 202 g/mol. The van der Waals surface area contributed by atoms with Crippen LogP contribution in [0.3, 0.4) is 0 Å². The summed E-state index contributed by atoms with van der Waals surface area (Å²) in [4.78, 5) is 14.6. The van der Waals surface area contributed by atoms with Crippen molar-refractivity contribution in [3.63, 3.8) is 0 Å². The molecule has 16 heavy (non-hydrogen) atoms. The molecule has 4 nitrogen and oxygen atoms in total. The Labute approximate surface area is 92.3 Å². The Morgan fingerprint density at radius 2 is 1.94 bits per heavy atom. The number of benzene rings is 1. The molecule has 78 valence electrons. The lowest BCUT2D eigenvalue weighted by atomic mass is 10.1. The highest BCUT2D eigenvalue weighted by Crippen LogP contribution is 2.21. The molecule has 0 aliphatic carbocycles. The minimum Gasteiger partial charge on any atom is -0.383 e. The molecule has 4 N–H and O–H groups in total. The number of carbonyl (C=O) groups is 1. The molecule has 0 saturated carbocycles. The third kappa shape index (κ3) is 1.79. The number of nitrogen functional groups attached to an aromatic ring is 1. The average Bonchev–Trinajstić information content (AvgIpc) is 2.28. The van der Waals surface area contributed by atoms with Gasteiger partial charge in [-0.15, -0.1) is 0 Å². The van der Waals surface area contributed by atoms with Crippen LogP contribution in [0.4, 0.5) is 5.82 Å². The smallest absolute Gasteiger partial charge is 0.293 e. The van der Waals surface area contributed by atoms with Crippen LogP contribution in [0.2, 0.25) is 0 Å². The molecule has 0 unspecified atom stereocenters. The third-order valence-electron chi connectivity index (χ3n) is 2.15. The number of nitrogens with two attached hydrogens (primary N) is 2. The van der Waals surface area contributed by atoms with Crippen molar-refractivity contribution >= 4 is 22.5 Å². The van der Waals surface area contributed by atoms with E-state index in [1.807, 2.05) is 24.3 Å². The quantitative estimate of drug-likeness (QED) is 0.628. The summed E-state index contributed by atoms with van der Waals surface area (Å²) in [6.07, 6.45) is 1.54. The summed E-state index contributed by atoms with van der Waals surface area (Å²) in [6.45, 7) is 0. The Hall–Kier alpha value is -2.54. The van der Waals surface area contributed by atoms with Crippen molar-refractivity contribution in [1.82, 2.24) is 4.98 Å². The van der Waals surface area contributed by atoms with E-state index in [-0.39, 0.29) is 0 Å². The summed E-state index contributed by atoms with van der Waals surface area (Å²) in [7, 11) is 0. The maximum atomic E-state index is 10.6. The summed E-state index contributed by atoms with van der Waals surface area (Å²) in [5.41, 5.74) is 11.3. The zero-order valence-corrected chi connectivity index (χ0v) is 8.40. The molecule has 1 aromatic carbocycles. The summed E-state index contributed by atoms with van der Waals surface area (Å²) in [6, 6.07) is 7.47. The van der Waals surface area contributed by atoms with E-state index in [1.54, 1.807) is 0 Å². The van der Waals surface area contributed by atoms with Gasteiger partial charge in [-0.1, -0.05) is 30.2 Å². The topological polar surface area (TPSA) is 82.0 Å². The van der Waals surface area contributed by atoms with Crippen LogP contribution >= 0.6 is 0 Å². The first kappa shape index (κ1) is 9.99. The van der Waals surface area contributed by atoms with Gasteiger partial charge in [0.25, 0.3) is 5.91 Å². The Bertz CT molecular complexity index is 623. The number of pyridine rings is 1. The minimum absolute atomic E-state index is 0.445.